The van der Waals surface area contributed by atoms with Crippen LogP contribution in [0.5, 0.6) is 17.5 Å². The van der Waals surface area contributed by atoms with Crippen LogP contribution in [-0.4, -0.2) is 36.5 Å². The number of aryl methyl sites for hydroxylation is 2. The average Bonchev–Trinajstić information content (AvgIpc) is 3.54. The summed E-state index contributed by atoms with van der Waals surface area (Å²) in [6.07, 6.45) is 1.66. The Kier molecular flexibility index (Phi) is 5.00. The lowest BCUT2D eigenvalue weighted by Gasteiger charge is -2.26. The van der Waals surface area contributed by atoms with Crippen molar-refractivity contribution in [2.45, 2.75) is 19.8 Å². The Hall–Kier alpha value is -4.98. The van der Waals surface area contributed by atoms with Gasteiger partial charge in [0.2, 0.25) is 11.8 Å². The molecule has 0 unspecified atom stereocenters. The maximum absolute atomic E-state index is 6.50. The zero-order valence-corrected chi connectivity index (χ0v) is 21.2. The number of fused-ring (bicyclic) bond motifs is 4. The molecule has 6 aromatic rings. The monoisotopic (exact) mass is 500 g/mol. The highest BCUT2D eigenvalue weighted by Crippen LogP contribution is 2.49. The summed E-state index contributed by atoms with van der Waals surface area (Å²) < 4.78 is 15.5. The lowest BCUT2D eigenvalue weighted by Crippen LogP contribution is -2.16. The smallest absolute Gasteiger partial charge is 0.230 e. The Balaban J connectivity index is 1.47. The zero-order chi connectivity index (χ0) is 25.8. The third kappa shape index (κ3) is 3.45. The maximum Gasteiger partial charge on any atom is 0.230 e. The van der Waals surface area contributed by atoms with Gasteiger partial charge in [-0.3, -0.25) is 0 Å². The van der Waals surface area contributed by atoms with Gasteiger partial charge in [-0.05, 0) is 43.7 Å². The van der Waals surface area contributed by atoms with Crippen molar-refractivity contribution in [2.24, 2.45) is 0 Å². The van der Waals surface area contributed by atoms with Gasteiger partial charge in [0.1, 0.15) is 12.1 Å². The molecule has 0 saturated heterocycles. The number of benzene rings is 3. The minimum atomic E-state index is -0.219. The van der Waals surface area contributed by atoms with Gasteiger partial charge in [-0.25, -0.2) is 19.2 Å². The van der Waals surface area contributed by atoms with Crippen molar-refractivity contribution in [3.05, 3.63) is 113 Å². The molecule has 1 aliphatic rings. The van der Waals surface area contributed by atoms with Crippen molar-refractivity contribution in [1.29, 1.82) is 0 Å². The lowest BCUT2D eigenvalue weighted by atomic mass is 9.84. The fraction of sp³-hybridized carbons (Fsp3) is 0.133. The second-order valence-corrected chi connectivity index (χ2v) is 9.39. The van der Waals surface area contributed by atoms with Gasteiger partial charge in [-0.15, -0.1) is 5.10 Å². The largest absolute Gasteiger partial charge is 0.497 e. The van der Waals surface area contributed by atoms with E-state index in [1.807, 2.05) is 66.2 Å². The first-order valence-electron chi connectivity index (χ1n) is 12.4. The van der Waals surface area contributed by atoms with Crippen LogP contribution in [0, 0.1) is 13.8 Å². The van der Waals surface area contributed by atoms with E-state index in [1.165, 1.54) is 5.56 Å². The van der Waals surface area contributed by atoms with E-state index in [1.54, 1.807) is 18.0 Å². The fourth-order valence-corrected chi connectivity index (χ4v) is 5.08. The minimum Gasteiger partial charge on any atom is -0.497 e. The standard InChI is InChI=1S/C30H24N6O2/c1-18-9-11-21(12-10-18)27-32-28-26-25(20-13-15-23(37-3)16-14-20)24-19(2)33-36(22-7-5-4-6-8-22)30(24)38-29(26)31-17-35(28)34-27/h4-17,25H,1-3H3/t25-/m1/s1. The van der Waals surface area contributed by atoms with Crippen molar-refractivity contribution in [3.63, 3.8) is 0 Å². The topological polar surface area (TPSA) is 79.4 Å². The van der Waals surface area contributed by atoms with Crippen LogP contribution in [-0.2, 0) is 0 Å². The van der Waals surface area contributed by atoms with E-state index in [4.69, 9.17) is 29.6 Å². The van der Waals surface area contributed by atoms with Crippen LogP contribution in [0.1, 0.15) is 33.9 Å². The molecule has 0 fully saturated rings. The van der Waals surface area contributed by atoms with Gasteiger partial charge in [-0.2, -0.15) is 5.10 Å². The summed E-state index contributed by atoms with van der Waals surface area (Å²) in [6.45, 7) is 4.08. The first-order valence-corrected chi connectivity index (χ1v) is 12.4. The van der Waals surface area contributed by atoms with E-state index in [0.717, 1.165) is 39.4 Å². The van der Waals surface area contributed by atoms with Crippen LogP contribution in [0.4, 0.5) is 0 Å². The van der Waals surface area contributed by atoms with Gasteiger partial charge in [-0.1, -0.05) is 60.2 Å². The van der Waals surface area contributed by atoms with Gasteiger partial charge < -0.3 is 9.47 Å². The summed E-state index contributed by atoms with van der Waals surface area (Å²) in [5, 5.41) is 9.65. The number of para-hydroxylation sites is 1. The molecule has 8 heteroatoms. The first kappa shape index (κ1) is 22.2. The third-order valence-corrected chi connectivity index (χ3v) is 6.98. The third-order valence-electron chi connectivity index (χ3n) is 6.98. The Morgan fingerprint density at radius 2 is 1.61 bits per heavy atom. The molecule has 1 atom stereocenters. The van der Waals surface area contributed by atoms with Crippen LogP contribution in [0.3, 0.4) is 0 Å². The maximum atomic E-state index is 6.50. The van der Waals surface area contributed by atoms with Gasteiger partial charge in [0, 0.05) is 5.56 Å². The molecule has 0 radical (unpaired) electrons. The van der Waals surface area contributed by atoms with Crippen molar-refractivity contribution in [3.8, 4) is 34.6 Å². The van der Waals surface area contributed by atoms with E-state index >= 15 is 0 Å². The predicted molar refractivity (Wildman–Crippen MR) is 143 cm³/mol. The number of hydrogen-bond acceptors (Lipinski definition) is 6. The van der Waals surface area contributed by atoms with Crippen LogP contribution < -0.4 is 9.47 Å². The van der Waals surface area contributed by atoms with Crippen LogP contribution >= 0.6 is 0 Å². The molecule has 0 bridgehead atoms. The molecule has 0 amide bonds. The minimum absolute atomic E-state index is 0.219. The van der Waals surface area contributed by atoms with Gasteiger partial charge in [0.05, 0.1) is 35.5 Å². The number of rotatable bonds is 4. The van der Waals surface area contributed by atoms with E-state index in [-0.39, 0.29) is 5.92 Å². The molecule has 4 heterocycles. The molecule has 0 spiro atoms. The van der Waals surface area contributed by atoms with E-state index in [9.17, 15) is 0 Å². The Morgan fingerprint density at radius 3 is 2.34 bits per heavy atom. The molecule has 0 saturated carbocycles. The Morgan fingerprint density at radius 1 is 0.842 bits per heavy atom. The molecular weight excluding hydrogens is 476 g/mol. The average molecular weight is 501 g/mol. The van der Waals surface area contributed by atoms with Crippen molar-refractivity contribution in [2.75, 3.05) is 7.11 Å². The Labute approximate surface area is 219 Å². The summed E-state index contributed by atoms with van der Waals surface area (Å²) in [4.78, 5) is 9.68. The first-order chi connectivity index (χ1) is 18.6. The number of aromatic nitrogens is 6. The molecule has 0 aliphatic carbocycles. The lowest BCUT2D eigenvalue weighted by molar-refractivity contribution is 0.402. The van der Waals surface area contributed by atoms with Gasteiger partial charge in [0.25, 0.3) is 0 Å². The SMILES string of the molecule is COc1ccc([C@@H]2c3c(C)nn(-c4ccccc4)c3Oc3ncn4nc(-c5ccc(C)cc5)nc4c32)cc1. The van der Waals surface area contributed by atoms with E-state index < -0.39 is 0 Å². The molecule has 8 nitrogen and oxygen atoms in total. The van der Waals surface area contributed by atoms with Crippen molar-refractivity contribution >= 4 is 5.65 Å². The second kappa shape index (κ2) is 8.55. The predicted octanol–water partition coefficient (Wildman–Crippen LogP) is 5.89. The molecule has 7 rings (SSSR count). The van der Waals surface area contributed by atoms with Crippen molar-refractivity contribution in [1.82, 2.24) is 29.4 Å². The zero-order valence-electron chi connectivity index (χ0n) is 21.2. The Bertz CT molecular complexity index is 1790. The summed E-state index contributed by atoms with van der Waals surface area (Å²) in [6, 6.07) is 26.3. The summed E-state index contributed by atoms with van der Waals surface area (Å²) >= 11 is 0. The van der Waals surface area contributed by atoms with E-state index in [2.05, 4.69) is 31.2 Å². The number of methoxy groups -OCH3 is 1. The number of ether oxygens (including phenoxy) is 2. The molecule has 0 N–H and O–H groups in total. The summed E-state index contributed by atoms with van der Waals surface area (Å²) in [5.74, 6) is 2.35. The fourth-order valence-electron chi connectivity index (χ4n) is 5.08. The summed E-state index contributed by atoms with van der Waals surface area (Å²) in [7, 11) is 1.67. The highest BCUT2D eigenvalue weighted by atomic mass is 16.5. The molecule has 186 valence electrons. The van der Waals surface area contributed by atoms with Crippen LogP contribution in [0.2, 0.25) is 0 Å². The summed E-state index contributed by atoms with van der Waals surface area (Å²) in [5.41, 5.74) is 7.50. The molecule has 3 aromatic heterocycles. The van der Waals surface area contributed by atoms with E-state index in [0.29, 0.717) is 23.2 Å². The molecule has 38 heavy (non-hydrogen) atoms. The number of nitrogens with zero attached hydrogens (tertiary/aromatic N) is 6. The second-order valence-electron chi connectivity index (χ2n) is 9.39. The van der Waals surface area contributed by atoms with Gasteiger partial charge in [0.15, 0.2) is 11.5 Å². The van der Waals surface area contributed by atoms with Crippen LogP contribution in [0.25, 0.3) is 22.7 Å². The molecule has 3 aromatic carbocycles. The molecular formula is C30H24N6O2. The normalized spacial score (nSPS) is 14.1. The highest BCUT2D eigenvalue weighted by Gasteiger charge is 2.38. The van der Waals surface area contributed by atoms with Gasteiger partial charge >= 0.3 is 0 Å². The highest BCUT2D eigenvalue weighted by molar-refractivity contribution is 5.69. The van der Waals surface area contributed by atoms with Crippen LogP contribution in [0.15, 0.2) is 85.2 Å². The number of hydrogen-bond donors (Lipinski definition) is 0. The van der Waals surface area contributed by atoms with Crippen molar-refractivity contribution < 1.29 is 9.47 Å². The quantitative estimate of drug-likeness (QED) is 0.300. The molecule has 1 aliphatic heterocycles.